The third-order valence-corrected chi connectivity index (χ3v) is 2.55. The summed E-state index contributed by atoms with van der Waals surface area (Å²) in [4.78, 5) is 11.8. The van der Waals surface area contributed by atoms with Crippen LogP contribution in [0, 0.1) is 0 Å². The van der Waals surface area contributed by atoms with Crippen LogP contribution in [0.15, 0.2) is 41.6 Å². The fourth-order valence-electron chi connectivity index (χ4n) is 1.79. The zero-order chi connectivity index (χ0) is 12.3. The molecule has 0 amide bonds. The standard InChI is InChI=1S/C13H11NO3/c1-17-13(15)12-10(8-14-16)7-6-9-4-2-3-5-11(9)12/h2-8,16H,1H3. The highest BCUT2D eigenvalue weighted by molar-refractivity contribution is 6.10. The van der Waals surface area contributed by atoms with E-state index in [4.69, 9.17) is 9.94 Å². The molecule has 0 heterocycles. The lowest BCUT2D eigenvalue weighted by Gasteiger charge is -2.07. The number of hydrogen-bond acceptors (Lipinski definition) is 4. The molecule has 0 unspecified atom stereocenters. The molecule has 17 heavy (non-hydrogen) atoms. The Bertz CT molecular complexity index is 590. The maximum atomic E-state index is 11.8. The second-order valence-electron chi connectivity index (χ2n) is 3.49. The van der Waals surface area contributed by atoms with Gasteiger partial charge in [0.1, 0.15) is 0 Å². The van der Waals surface area contributed by atoms with Crippen molar-refractivity contribution in [3.05, 3.63) is 47.5 Å². The van der Waals surface area contributed by atoms with Gasteiger partial charge in [0.25, 0.3) is 0 Å². The predicted octanol–water partition coefficient (Wildman–Crippen LogP) is 2.43. The minimum atomic E-state index is -0.447. The van der Waals surface area contributed by atoms with Crippen LogP contribution in [0.25, 0.3) is 10.8 Å². The number of esters is 1. The first-order valence-corrected chi connectivity index (χ1v) is 5.05. The normalized spacial score (nSPS) is 10.9. The smallest absolute Gasteiger partial charge is 0.339 e. The summed E-state index contributed by atoms with van der Waals surface area (Å²) in [5, 5.41) is 13.3. The third-order valence-electron chi connectivity index (χ3n) is 2.55. The van der Waals surface area contributed by atoms with E-state index in [9.17, 15) is 4.79 Å². The van der Waals surface area contributed by atoms with Crippen molar-refractivity contribution >= 4 is 23.0 Å². The van der Waals surface area contributed by atoms with Crippen molar-refractivity contribution in [1.82, 2.24) is 0 Å². The average Bonchev–Trinajstić information content (AvgIpc) is 2.38. The Hall–Kier alpha value is -2.36. The van der Waals surface area contributed by atoms with Crippen LogP contribution >= 0.6 is 0 Å². The van der Waals surface area contributed by atoms with Crippen LogP contribution in [-0.4, -0.2) is 24.5 Å². The van der Waals surface area contributed by atoms with E-state index >= 15 is 0 Å². The fourth-order valence-corrected chi connectivity index (χ4v) is 1.79. The van der Waals surface area contributed by atoms with Crippen molar-refractivity contribution in [2.24, 2.45) is 5.16 Å². The quantitative estimate of drug-likeness (QED) is 0.372. The average molecular weight is 229 g/mol. The topological polar surface area (TPSA) is 58.9 Å². The summed E-state index contributed by atoms with van der Waals surface area (Å²) >= 11 is 0. The first-order valence-electron chi connectivity index (χ1n) is 5.05. The number of carbonyl (C=O) groups excluding carboxylic acids is 1. The van der Waals surface area contributed by atoms with Gasteiger partial charge in [0.05, 0.1) is 18.9 Å². The van der Waals surface area contributed by atoms with Crippen LogP contribution in [0.2, 0.25) is 0 Å². The number of benzene rings is 2. The number of hydrogen-bond donors (Lipinski definition) is 1. The van der Waals surface area contributed by atoms with Crippen molar-refractivity contribution in [3.63, 3.8) is 0 Å². The summed E-state index contributed by atoms with van der Waals surface area (Å²) in [5.74, 6) is -0.447. The Kier molecular flexibility index (Phi) is 3.05. The number of carbonyl (C=O) groups is 1. The number of ether oxygens (including phenoxy) is 1. The predicted molar refractivity (Wildman–Crippen MR) is 64.7 cm³/mol. The molecule has 0 aliphatic rings. The van der Waals surface area contributed by atoms with Crippen molar-refractivity contribution < 1.29 is 14.7 Å². The second-order valence-corrected chi connectivity index (χ2v) is 3.49. The zero-order valence-corrected chi connectivity index (χ0v) is 9.25. The fraction of sp³-hybridized carbons (Fsp3) is 0.0769. The molecule has 2 rings (SSSR count). The molecule has 2 aromatic carbocycles. The van der Waals surface area contributed by atoms with Gasteiger partial charge in [-0.3, -0.25) is 0 Å². The van der Waals surface area contributed by atoms with Crippen LogP contribution in [0.1, 0.15) is 15.9 Å². The number of nitrogens with zero attached hydrogens (tertiary/aromatic N) is 1. The SMILES string of the molecule is COC(=O)c1c(C=NO)ccc2ccccc12. The van der Waals surface area contributed by atoms with Gasteiger partial charge in [-0.25, -0.2) is 4.79 Å². The molecule has 2 aromatic rings. The molecule has 1 N–H and O–H groups in total. The molecular formula is C13H11NO3. The number of oxime groups is 1. The van der Waals surface area contributed by atoms with E-state index in [-0.39, 0.29) is 0 Å². The largest absolute Gasteiger partial charge is 0.465 e. The molecule has 0 atom stereocenters. The van der Waals surface area contributed by atoms with Gasteiger partial charge in [-0.1, -0.05) is 41.6 Å². The minimum Gasteiger partial charge on any atom is -0.465 e. The van der Waals surface area contributed by atoms with E-state index in [0.29, 0.717) is 11.1 Å². The van der Waals surface area contributed by atoms with E-state index in [0.717, 1.165) is 10.8 Å². The van der Waals surface area contributed by atoms with E-state index in [2.05, 4.69) is 5.16 Å². The Morgan fingerprint density at radius 3 is 2.76 bits per heavy atom. The summed E-state index contributed by atoms with van der Waals surface area (Å²) in [6.07, 6.45) is 1.22. The summed E-state index contributed by atoms with van der Waals surface area (Å²) in [5.41, 5.74) is 0.932. The lowest BCUT2D eigenvalue weighted by Crippen LogP contribution is -2.06. The Morgan fingerprint density at radius 2 is 2.06 bits per heavy atom. The van der Waals surface area contributed by atoms with Gasteiger partial charge in [-0.2, -0.15) is 0 Å². The van der Waals surface area contributed by atoms with Crippen molar-refractivity contribution in [1.29, 1.82) is 0 Å². The molecule has 4 heteroatoms. The van der Waals surface area contributed by atoms with Gasteiger partial charge in [0.15, 0.2) is 0 Å². The molecular weight excluding hydrogens is 218 g/mol. The summed E-state index contributed by atoms with van der Waals surface area (Å²) in [6.45, 7) is 0. The van der Waals surface area contributed by atoms with Crippen LogP contribution in [0.4, 0.5) is 0 Å². The molecule has 0 aliphatic heterocycles. The highest BCUT2D eigenvalue weighted by atomic mass is 16.5. The van der Waals surface area contributed by atoms with Crippen LogP contribution in [0.3, 0.4) is 0 Å². The number of rotatable bonds is 2. The molecule has 0 fully saturated rings. The van der Waals surface area contributed by atoms with E-state index in [1.165, 1.54) is 13.3 Å². The highest BCUT2D eigenvalue weighted by Crippen LogP contribution is 2.22. The van der Waals surface area contributed by atoms with Crippen LogP contribution < -0.4 is 0 Å². The van der Waals surface area contributed by atoms with Gasteiger partial charge in [0, 0.05) is 5.56 Å². The van der Waals surface area contributed by atoms with Crippen LogP contribution in [-0.2, 0) is 4.74 Å². The Labute approximate surface area is 98.1 Å². The molecule has 0 saturated carbocycles. The summed E-state index contributed by atoms with van der Waals surface area (Å²) in [7, 11) is 1.32. The second kappa shape index (κ2) is 4.65. The zero-order valence-electron chi connectivity index (χ0n) is 9.25. The van der Waals surface area contributed by atoms with Crippen molar-refractivity contribution in [3.8, 4) is 0 Å². The lowest BCUT2D eigenvalue weighted by molar-refractivity contribution is 0.0603. The number of fused-ring (bicyclic) bond motifs is 1. The molecule has 0 radical (unpaired) electrons. The molecule has 86 valence electrons. The molecule has 0 bridgehead atoms. The third kappa shape index (κ3) is 1.97. The van der Waals surface area contributed by atoms with E-state index in [1.807, 2.05) is 30.3 Å². The molecule has 4 nitrogen and oxygen atoms in total. The summed E-state index contributed by atoms with van der Waals surface area (Å²) < 4.78 is 4.75. The van der Waals surface area contributed by atoms with E-state index < -0.39 is 5.97 Å². The molecule has 0 aliphatic carbocycles. The lowest BCUT2D eigenvalue weighted by atomic mass is 9.99. The van der Waals surface area contributed by atoms with Gasteiger partial charge in [-0.05, 0) is 10.8 Å². The van der Waals surface area contributed by atoms with Gasteiger partial charge in [-0.15, -0.1) is 0 Å². The van der Waals surface area contributed by atoms with Crippen molar-refractivity contribution in [2.75, 3.05) is 7.11 Å². The Balaban J connectivity index is 2.79. The van der Waals surface area contributed by atoms with Gasteiger partial charge < -0.3 is 9.94 Å². The van der Waals surface area contributed by atoms with Crippen LogP contribution in [0.5, 0.6) is 0 Å². The number of methoxy groups -OCH3 is 1. The first kappa shape index (κ1) is 11.1. The summed E-state index contributed by atoms with van der Waals surface area (Å²) in [6, 6.07) is 11.0. The molecule has 0 saturated heterocycles. The minimum absolute atomic E-state index is 0.406. The maximum absolute atomic E-state index is 11.8. The molecule has 0 aromatic heterocycles. The first-order chi connectivity index (χ1) is 8.27. The van der Waals surface area contributed by atoms with Gasteiger partial charge in [0.2, 0.25) is 0 Å². The highest BCUT2D eigenvalue weighted by Gasteiger charge is 2.14. The van der Waals surface area contributed by atoms with Gasteiger partial charge >= 0.3 is 5.97 Å². The van der Waals surface area contributed by atoms with E-state index in [1.54, 1.807) is 6.07 Å². The Morgan fingerprint density at radius 1 is 1.29 bits per heavy atom. The van der Waals surface area contributed by atoms with Crippen molar-refractivity contribution in [2.45, 2.75) is 0 Å². The monoisotopic (exact) mass is 229 g/mol. The maximum Gasteiger partial charge on any atom is 0.339 e. The molecule has 0 spiro atoms.